The average molecular weight is 688 g/mol. The number of ether oxygens (including phenoxy) is 1. The van der Waals surface area contributed by atoms with Crippen LogP contribution in [0.4, 0.5) is 50.0 Å². The van der Waals surface area contributed by atoms with Gasteiger partial charge in [0.15, 0.2) is 0 Å². The maximum atomic E-state index is 14.0. The molecule has 1 amide bonds. The van der Waals surface area contributed by atoms with Crippen LogP contribution < -0.4 is 10.6 Å². The molecule has 18 heteroatoms. The lowest BCUT2D eigenvalue weighted by atomic mass is 9.77. The van der Waals surface area contributed by atoms with Crippen LogP contribution in [0.15, 0.2) is 48.7 Å². The van der Waals surface area contributed by atoms with Gasteiger partial charge < -0.3 is 10.5 Å². The molecule has 0 spiro atoms. The fourth-order valence-electron chi connectivity index (χ4n) is 5.75. The quantitative estimate of drug-likeness (QED) is 0.202. The number of aromatic nitrogens is 5. The summed E-state index contributed by atoms with van der Waals surface area (Å²) in [5, 5.41) is 13.3. The van der Waals surface area contributed by atoms with Gasteiger partial charge in [0.2, 0.25) is 5.82 Å². The number of aromatic amines is 1. The third kappa shape index (κ3) is 6.79. The molecule has 2 aromatic carbocycles. The predicted octanol–water partition coefficient (Wildman–Crippen LogP) is 7.47. The topological polar surface area (TPSA) is 123 Å². The Kier molecular flexibility index (Phi) is 8.91. The van der Waals surface area contributed by atoms with Crippen LogP contribution in [-0.2, 0) is 29.7 Å². The Labute approximate surface area is 266 Å². The van der Waals surface area contributed by atoms with E-state index in [0.29, 0.717) is 12.1 Å². The third-order valence-corrected chi connectivity index (χ3v) is 8.01. The number of anilines is 1. The van der Waals surface area contributed by atoms with E-state index in [1.165, 1.54) is 19.2 Å². The minimum atomic E-state index is -5.13. The number of rotatable bonds is 6. The van der Waals surface area contributed by atoms with Crippen molar-refractivity contribution in [3.8, 4) is 11.4 Å². The van der Waals surface area contributed by atoms with E-state index in [1.807, 2.05) is 0 Å². The van der Waals surface area contributed by atoms with Crippen molar-refractivity contribution < 1.29 is 49.0 Å². The number of tetrazole rings is 1. The molecule has 0 aliphatic carbocycles. The summed E-state index contributed by atoms with van der Waals surface area (Å²) < 4.78 is 129. The number of hydrogen-bond donors (Lipinski definition) is 2. The average Bonchev–Trinajstić information content (AvgIpc) is 3.54. The second kappa shape index (κ2) is 12.4. The molecular formula is C30H26F9N7O2. The Morgan fingerprint density at radius 3 is 2.15 bits per heavy atom. The molecule has 9 nitrogen and oxygen atoms in total. The summed E-state index contributed by atoms with van der Waals surface area (Å²) in [5.74, 6) is -1.14. The summed E-state index contributed by atoms with van der Waals surface area (Å²) in [6, 6.07) is 5.09. The Morgan fingerprint density at radius 1 is 0.958 bits per heavy atom. The molecule has 2 aromatic heterocycles. The summed E-state index contributed by atoms with van der Waals surface area (Å²) in [6.45, 7) is 3.09. The number of pyridine rings is 1. The van der Waals surface area contributed by atoms with Crippen LogP contribution in [0, 0.1) is 0 Å². The van der Waals surface area contributed by atoms with Gasteiger partial charge in [-0.25, -0.2) is 4.79 Å². The lowest BCUT2D eigenvalue weighted by Gasteiger charge is -2.47. The first-order valence-corrected chi connectivity index (χ1v) is 14.3. The van der Waals surface area contributed by atoms with Crippen LogP contribution in [0.2, 0.25) is 0 Å². The molecule has 0 saturated heterocycles. The first-order chi connectivity index (χ1) is 22.4. The van der Waals surface area contributed by atoms with Crippen LogP contribution in [0.5, 0.6) is 0 Å². The highest BCUT2D eigenvalue weighted by Gasteiger charge is 2.47. The molecule has 0 fully saturated rings. The van der Waals surface area contributed by atoms with Crippen molar-refractivity contribution in [1.29, 1.82) is 0 Å². The van der Waals surface area contributed by atoms with Gasteiger partial charge in [0.05, 0.1) is 34.7 Å². The number of benzene rings is 2. The van der Waals surface area contributed by atoms with Gasteiger partial charge in [0, 0.05) is 17.7 Å². The number of nitrogens with zero attached hydrogens (tertiary/aromatic N) is 5. The Hall–Kier alpha value is -4.74. The van der Waals surface area contributed by atoms with E-state index in [1.54, 1.807) is 6.92 Å². The molecule has 1 aliphatic rings. The lowest BCUT2D eigenvalue weighted by molar-refractivity contribution is -0.143. The highest BCUT2D eigenvalue weighted by atomic mass is 19.4. The van der Waals surface area contributed by atoms with E-state index in [9.17, 15) is 44.3 Å². The summed E-state index contributed by atoms with van der Waals surface area (Å²) in [4.78, 5) is 18.7. The summed E-state index contributed by atoms with van der Waals surface area (Å²) in [6.07, 6.45) is -15.5. The number of nitrogens with one attached hydrogen (secondary N) is 1. The van der Waals surface area contributed by atoms with Gasteiger partial charge in [0.25, 0.3) is 0 Å². The summed E-state index contributed by atoms with van der Waals surface area (Å²) in [7, 11) is 0. The molecule has 0 bridgehead atoms. The Bertz CT molecular complexity index is 1780. The molecule has 5 rings (SSSR count). The van der Waals surface area contributed by atoms with E-state index in [-0.39, 0.29) is 59.4 Å². The molecule has 256 valence electrons. The highest BCUT2D eigenvalue weighted by molar-refractivity contribution is 5.91. The van der Waals surface area contributed by atoms with Gasteiger partial charge in [-0.05, 0) is 90.6 Å². The maximum absolute atomic E-state index is 14.0. The van der Waals surface area contributed by atoms with E-state index in [0.717, 1.165) is 23.1 Å². The summed E-state index contributed by atoms with van der Waals surface area (Å²) in [5.41, 5.74) is 0.703. The smallest absolute Gasteiger partial charge is 0.416 e. The van der Waals surface area contributed by atoms with Crippen molar-refractivity contribution in [2.45, 2.75) is 63.2 Å². The molecule has 3 N–H and O–H groups in total. The van der Waals surface area contributed by atoms with Crippen LogP contribution in [-0.4, -0.2) is 44.0 Å². The van der Waals surface area contributed by atoms with E-state index >= 15 is 0 Å². The Morgan fingerprint density at radius 2 is 1.60 bits per heavy atom. The van der Waals surface area contributed by atoms with Gasteiger partial charge >= 0.3 is 24.6 Å². The number of fused-ring (bicyclic) bond motifs is 1. The molecule has 3 heterocycles. The van der Waals surface area contributed by atoms with Gasteiger partial charge in [-0.3, -0.25) is 9.88 Å². The molecular weight excluding hydrogens is 661 g/mol. The number of hydrogen-bond acceptors (Lipinski definition) is 7. The minimum Gasteiger partial charge on any atom is -0.449 e. The highest BCUT2D eigenvalue weighted by Crippen LogP contribution is 2.49. The molecule has 1 aliphatic heterocycles. The number of H-pyrrole nitrogens is 1. The number of halogens is 9. The predicted molar refractivity (Wildman–Crippen MR) is 151 cm³/mol. The number of nitrogens with two attached hydrogens (primary N) is 1. The first kappa shape index (κ1) is 34.6. The molecule has 2 atom stereocenters. The minimum absolute atomic E-state index is 0.000531. The summed E-state index contributed by atoms with van der Waals surface area (Å²) >= 11 is 0. The molecule has 4 aromatic rings. The van der Waals surface area contributed by atoms with Crippen LogP contribution in [0.3, 0.4) is 0 Å². The van der Waals surface area contributed by atoms with Crippen molar-refractivity contribution in [2.75, 3.05) is 11.5 Å². The maximum Gasteiger partial charge on any atom is 0.416 e. The van der Waals surface area contributed by atoms with E-state index < -0.39 is 64.9 Å². The standard InChI is InChI=1S/C30H26F9N7O2/c1-3-27(40)13-22(21-12-18(28(31,32)33)5-6-23(21)46(27)26(47)48-4-2)24-16(10-17(14-41-24)25-42-44-45-43-25)7-15-8-19(29(34,35)36)11-20(9-15)30(37,38)39/h5-6,8-12,14,22H,3-4,7,13,40H2,1-2H3,(H,42,43,44,45)/t22-,27+/m0/s1. The van der Waals surface area contributed by atoms with Crippen LogP contribution in [0.25, 0.3) is 11.4 Å². The largest absolute Gasteiger partial charge is 0.449 e. The van der Waals surface area contributed by atoms with Gasteiger partial charge in [-0.1, -0.05) is 6.92 Å². The monoisotopic (exact) mass is 687 g/mol. The van der Waals surface area contributed by atoms with Crippen molar-refractivity contribution >= 4 is 11.8 Å². The zero-order valence-electron chi connectivity index (χ0n) is 25.1. The second-order valence-electron chi connectivity index (χ2n) is 11.1. The Balaban J connectivity index is 1.76. The SMILES string of the molecule is CCOC(=O)N1c2ccc(C(F)(F)F)cc2[C@@H](c2ncc(-c3nn[nH]n3)cc2Cc2cc(C(F)(F)F)cc(C(F)(F)F)c2)C[C@@]1(N)CC. The molecule has 0 saturated carbocycles. The molecule has 0 unspecified atom stereocenters. The van der Waals surface area contributed by atoms with Crippen molar-refractivity contribution in [3.63, 3.8) is 0 Å². The van der Waals surface area contributed by atoms with Crippen molar-refractivity contribution in [2.24, 2.45) is 5.73 Å². The van der Waals surface area contributed by atoms with Crippen molar-refractivity contribution in [1.82, 2.24) is 25.6 Å². The third-order valence-electron chi connectivity index (χ3n) is 8.01. The van der Waals surface area contributed by atoms with E-state index in [4.69, 9.17) is 10.5 Å². The van der Waals surface area contributed by atoms with Crippen LogP contribution in [0.1, 0.15) is 71.7 Å². The fraction of sp³-hybridized carbons (Fsp3) is 0.367. The van der Waals surface area contributed by atoms with Crippen molar-refractivity contribution in [3.05, 3.63) is 87.7 Å². The van der Waals surface area contributed by atoms with Gasteiger partial charge in [0.1, 0.15) is 5.66 Å². The zero-order valence-corrected chi connectivity index (χ0v) is 25.1. The number of carbonyl (C=O) groups excluding carboxylic acids is 1. The lowest BCUT2D eigenvalue weighted by Crippen LogP contribution is -2.61. The normalized spacial score (nSPS) is 18.5. The van der Waals surface area contributed by atoms with Gasteiger partial charge in [-0.2, -0.15) is 44.7 Å². The zero-order chi connectivity index (χ0) is 35.2. The number of carbonyl (C=O) groups is 1. The number of amides is 1. The molecule has 48 heavy (non-hydrogen) atoms. The van der Waals surface area contributed by atoms with Crippen LogP contribution >= 0.6 is 0 Å². The first-order valence-electron chi connectivity index (χ1n) is 14.3. The van der Waals surface area contributed by atoms with E-state index in [2.05, 4.69) is 25.6 Å². The number of alkyl halides is 9. The molecule has 0 radical (unpaired) electrons. The van der Waals surface area contributed by atoms with Gasteiger partial charge in [-0.15, -0.1) is 10.2 Å². The second-order valence-corrected chi connectivity index (χ2v) is 11.1. The fourth-order valence-corrected chi connectivity index (χ4v) is 5.75.